The Morgan fingerprint density at radius 2 is 2.22 bits per heavy atom. The summed E-state index contributed by atoms with van der Waals surface area (Å²) in [6, 6.07) is 3.30. The summed E-state index contributed by atoms with van der Waals surface area (Å²) in [5, 5.41) is 6.06. The SMILES string of the molecule is CCOC(=O)c1c(NC(=O)NCc2cccnc2)sc2c1CC(C)(C)OC2. The number of hydrogen-bond acceptors (Lipinski definition) is 6. The quantitative estimate of drug-likeness (QED) is 0.764. The zero-order valence-electron chi connectivity index (χ0n) is 15.6. The second-order valence-electron chi connectivity index (χ2n) is 6.82. The molecule has 2 amide bonds. The van der Waals surface area contributed by atoms with Crippen molar-refractivity contribution in [2.75, 3.05) is 11.9 Å². The highest BCUT2D eigenvalue weighted by molar-refractivity contribution is 7.17. The van der Waals surface area contributed by atoms with Crippen LogP contribution in [0.15, 0.2) is 24.5 Å². The molecule has 0 saturated carbocycles. The average molecular weight is 389 g/mol. The number of pyridine rings is 1. The van der Waals surface area contributed by atoms with E-state index in [1.54, 1.807) is 19.3 Å². The van der Waals surface area contributed by atoms with Crippen LogP contribution in [0.5, 0.6) is 0 Å². The lowest BCUT2D eigenvalue weighted by molar-refractivity contribution is -0.0384. The van der Waals surface area contributed by atoms with Gasteiger partial charge in [-0.2, -0.15) is 0 Å². The molecule has 0 bridgehead atoms. The van der Waals surface area contributed by atoms with Gasteiger partial charge >= 0.3 is 12.0 Å². The predicted molar refractivity (Wildman–Crippen MR) is 103 cm³/mol. The Labute approximate surface area is 162 Å². The molecule has 2 aromatic rings. The van der Waals surface area contributed by atoms with Gasteiger partial charge in [-0.05, 0) is 38.0 Å². The second kappa shape index (κ2) is 8.06. The number of carbonyl (C=O) groups is 2. The van der Waals surface area contributed by atoms with Gasteiger partial charge in [-0.15, -0.1) is 11.3 Å². The van der Waals surface area contributed by atoms with Crippen LogP contribution < -0.4 is 10.6 Å². The number of anilines is 1. The smallest absolute Gasteiger partial charge is 0.341 e. The maximum atomic E-state index is 12.5. The molecule has 0 aromatic carbocycles. The van der Waals surface area contributed by atoms with Crippen molar-refractivity contribution in [1.29, 1.82) is 0 Å². The number of thiophene rings is 1. The molecular weight excluding hydrogens is 366 g/mol. The monoisotopic (exact) mass is 389 g/mol. The summed E-state index contributed by atoms with van der Waals surface area (Å²) in [7, 11) is 0. The lowest BCUT2D eigenvalue weighted by Crippen LogP contribution is -2.32. The lowest BCUT2D eigenvalue weighted by atomic mass is 9.93. The third-order valence-electron chi connectivity index (χ3n) is 4.17. The topological polar surface area (TPSA) is 89.5 Å². The van der Waals surface area contributed by atoms with E-state index in [0.717, 1.165) is 16.0 Å². The van der Waals surface area contributed by atoms with Crippen molar-refractivity contribution >= 4 is 28.3 Å². The van der Waals surface area contributed by atoms with Gasteiger partial charge in [-0.3, -0.25) is 10.3 Å². The summed E-state index contributed by atoms with van der Waals surface area (Å²) in [4.78, 5) is 29.8. The largest absolute Gasteiger partial charge is 0.462 e. The maximum absolute atomic E-state index is 12.5. The standard InChI is InChI=1S/C19H23N3O4S/c1-4-25-17(23)15-13-8-19(2,3)26-11-14(13)27-16(15)22-18(24)21-10-12-6-5-7-20-9-12/h5-7,9H,4,8,10-11H2,1-3H3,(H2,21,22,24). The number of amides is 2. The van der Waals surface area contributed by atoms with Gasteiger partial charge in [0.2, 0.25) is 0 Å². The molecule has 0 unspecified atom stereocenters. The highest BCUT2D eigenvalue weighted by Gasteiger charge is 2.34. The van der Waals surface area contributed by atoms with Crippen LogP contribution >= 0.6 is 11.3 Å². The van der Waals surface area contributed by atoms with Crippen LogP contribution in [0.4, 0.5) is 9.80 Å². The Morgan fingerprint density at radius 1 is 1.41 bits per heavy atom. The minimum atomic E-state index is -0.421. The normalized spacial score (nSPS) is 14.9. The molecule has 3 rings (SSSR count). The Bertz CT molecular complexity index is 833. The number of carbonyl (C=O) groups excluding carboxylic acids is 2. The zero-order valence-corrected chi connectivity index (χ0v) is 16.4. The Balaban J connectivity index is 1.79. The van der Waals surface area contributed by atoms with E-state index < -0.39 is 5.97 Å². The van der Waals surface area contributed by atoms with E-state index >= 15 is 0 Å². The van der Waals surface area contributed by atoms with Gasteiger partial charge in [0.25, 0.3) is 0 Å². The van der Waals surface area contributed by atoms with Crippen LogP contribution in [-0.2, 0) is 29.0 Å². The number of aromatic nitrogens is 1. The predicted octanol–water partition coefficient (Wildman–Crippen LogP) is 3.49. The first kappa shape index (κ1) is 19.3. The van der Waals surface area contributed by atoms with Gasteiger partial charge in [-0.1, -0.05) is 6.07 Å². The number of urea groups is 1. The Kier molecular flexibility index (Phi) is 5.76. The minimum Gasteiger partial charge on any atom is -0.462 e. The molecule has 0 fully saturated rings. The van der Waals surface area contributed by atoms with E-state index in [9.17, 15) is 9.59 Å². The molecule has 1 aliphatic rings. The minimum absolute atomic E-state index is 0.274. The van der Waals surface area contributed by atoms with Crippen molar-refractivity contribution in [3.05, 3.63) is 46.1 Å². The van der Waals surface area contributed by atoms with Gasteiger partial charge in [-0.25, -0.2) is 9.59 Å². The van der Waals surface area contributed by atoms with E-state index in [-0.39, 0.29) is 18.2 Å². The van der Waals surface area contributed by atoms with Gasteiger partial charge in [0.05, 0.1) is 24.4 Å². The summed E-state index contributed by atoms with van der Waals surface area (Å²) in [6.07, 6.45) is 3.95. The molecule has 2 aromatic heterocycles. The maximum Gasteiger partial charge on any atom is 0.341 e. The number of nitrogens with one attached hydrogen (secondary N) is 2. The Hall–Kier alpha value is -2.45. The molecule has 27 heavy (non-hydrogen) atoms. The Morgan fingerprint density at radius 3 is 2.93 bits per heavy atom. The molecular formula is C19H23N3O4S. The molecule has 3 heterocycles. The van der Waals surface area contributed by atoms with E-state index in [1.807, 2.05) is 26.0 Å². The molecule has 0 radical (unpaired) electrons. The highest BCUT2D eigenvalue weighted by Crippen LogP contribution is 2.40. The van der Waals surface area contributed by atoms with Crippen molar-refractivity contribution in [2.24, 2.45) is 0 Å². The fourth-order valence-electron chi connectivity index (χ4n) is 2.89. The van der Waals surface area contributed by atoms with Gasteiger partial charge in [0.15, 0.2) is 0 Å². The summed E-state index contributed by atoms with van der Waals surface area (Å²) in [5.41, 5.74) is 1.86. The molecule has 144 valence electrons. The number of nitrogens with zero attached hydrogens (tertiary/aromatic N) is 1. The van der Waals surface area contributed by atoms with Crippen LogP contribution in [0.2, 0.25) is 0 Å². The van der Waals surface area contributed by atoms with Gasteiger partial charge < -0.3 is 14.8 Å². The third kappa shape index (κ3) is 4.64. The summed E-state index contributed by atoms with van der Waals surface area (Å²) in [5.74, 6) is -0.421. The molecule has 1 aliphatic heterocycles. The van der Waals surface area contributed by atoms with Crippen LogP contribution in [0.25, 0.3) is 0 Å². The molecule has 0 atom stereocenters. The summed E-state index contributed by atoms with van der Waals surface area (Å²) < 4.78 is 11.1. The molecule has 2 N–H and O–H groups in total. The van der Waals surface area contributed by atoms with Crippen LogP contribution in [0.3, 0.4) is 0 Å². The summed E-state index contributed by atoms with van der Waals surface area (Å²) >= 11 is 1.36. The van der Waals surface area contributed by atoms with Crippen molar-refractivity contribution < 1.29 is 19.1 Å². The number of esters is 1. The van der Waals surface area contributed by atoms with Crippen molar-refractivity contribution in [3.8, 4) is 0 Å². The summed E-state index contributed by atoms with van der Waals surface area (Å²) in [6.45, 7) is 6.76. The van der Waals surface area contributed by atoms with Crippen LogP contribution in [0.1, 0.15) is 47.1 Å². The molecule has 8 heteroatoms. The van der Waals surface area contributed by atoms with Crippen LogP contribution in [0, 0.1) is 0 Å². The molecule has 7 nitrogen and oxygen atoms in total. The molecule has 0 saturated heterocycles. The van der Waals surface area contributed by atoms with Crippen molar-refractivity contribution in [3.63, 3.8) is 0 Å². The van der Waals surface area contributed by atoms with E-state index in [4.69, 9.17) is 9.47 Å². The van der Waals surface area contributed by atoms with Gasteiger partial charge in [0.1, 0.15) is 5.00 Å². The van der Waals surface area contributed by atoms with Gasteiger partial charge in [0, 0.05) is 30.2 Å². The van der Waals surface area contributed by atoms with E-state index in [2.05, 4.69) is 15.6 Å². The van der Waals surface area contributed by atoms with Crippen molar-refractivity contribution in [2.45, 2.75) is 45.9 Å². The lowest BCUT2D eigenvalue weighted by Gasteiger charge is -2.30. The highest BCUT2D eigenvalue weighted by atomic mass is 32.1. The van der Waals surface area contributed by atoms with E-state index in [0.29, 0.717) is 30.1 Å². The van der Waals surface area contributed by atoms with Crippen LogP contribution in [-0.4, -0.2) is 29.2 Å². The zero-order chi connectivity index (χ0) is 19.4. The third-order valence-corrected chi connectivity index (χ3v) is 5.29. The fourth-order valence-corrected chi connectivity index (χ4v) is 4.01. The molecule has 0 spiro atoms. The first-order valence-corrected chi connectivity index (χ1v) is 9.60. The second-order valence-corrected chi connectivity index (χ2v) is 7.93. The number of ether oxygens (including phenoxy) is 2. The number of rotatable bonds is 5. The van der Waals surface area contributed by atoms with Crippen molar-refractivity contribution in [1.82, 2.24) is 10.3 Å². The average Bonchev–Trinajstić information content (AvgIpc) is 2.97. The first-order valence-electron chi connectivity index (χ1n) is 8.79. The fraction of sp³-hybridized carbons (Fsp3) is 0.421. The molecule has 0 aliphatic carbocycles. The number of hydrogen-bond donors (Lipinski definition) is 2. The number of fused-ring (bicyclic) bond motifs is 1. The van der Waals surface area contributed by atoms with E-state index in [1.165, 1.54) is 11.3 Å². The first-order chi connectivity index (χ1) is 12.9.